The predicted octanol–water partition coefficient (Wildman–Crippen LogP) is 4.45. The summed E-state index contributed by atoms with van der Waals surface area (Å²) in [6.45, 7) is 2.19. The van der Waals surface area contributed by atoms with Gasteiger partial charge in [0.25, 0.3) is 0 Å². The molecule has 3 rings (SSSR count). The Hall–Kier alpha value is 0.154. The molecule has 0 aromatic carbocycles. The highest BCUT2D eigenvalue weighted by Crippen LogP contribution is 2.43. The van der Waals surface area contributed by atoms with Gasteiger partial charge < -0.3 is 31.6 Å². The molecule has 184 valence electrons. The zero-order valence-electron chi connectivity index (χ0n) is 20.9. The fourth-order valence-corrected chi connectivity index (χ4v) is 11.5. The van der Waals surface area contributed by atoms with Gasteiger partial charge in [-0.3, -0.25) is 0 Å². The molecule has 7 nitrogen and oxygen atoms in total. The summed E-state index contributed by atoms with van der Waals surface area (Å²) in [6, 6.07) is 1.98. The molecule has 0 spiro atoms. The normalized spacial score (nSPS) is 32.0. The van der Waals surface area contributed by atoms with Crippen molar-refractivity contribution in [1.82, 2.24) is 0 Å². The second-order valence-electron chi connectivity index (χ2n) is 9.04. The second kappa shape index (κ2) is 12.6. The van der Waals surface area contributed by atoms with Crippen molar-refractivity contribution in [2.45, 2.75) is 94.2 Å². The molecule has 4 atom stereocenters. The van der Waals surface area contributed by atoms with Crippen LogP contribution in [0, 0.1) is 5.92 Å². The highest BCUT2D eigenvalue weighted by molar-refractivity contribution is 6.70. The van der Waals surface area contributed by atoms with E-state index in [1.807, 2.05) is 0 Å². The van der Waals surface area contributed by atoms with E-state index in [0.717, 1.165) is 43.7 Å². The molecular formula is C22H46O7Si2. The SMILES string of the molecule is CCCC1(OC)CCCC[Si]1(OC)OC.CO[Si](CCC1CCC2OC2C1)(OC)OC. The average molecular weight is 479 g/mol. The van der Waals surface area contributed by atoms with E-state index in [1.165, 1.54) is 32.1 Å². The van der Waals surface area contributed by atoms with E-state index in [9.17, 15) is 0 Å². The van der Waals surface area contributed by atoms with Crippen LogP contribution >= 0.6 is 0 Å². The summed E-state index contributed by atoms with van der Waals surface area (Å²) in [5.74, 6) is 0.760. The number of hydrogen-bond donors (Lipinski definition) is 0. The standard InChI is InChI=1S/C11H22O4Si.C11H24O3Si/c1-12-16(13-2,14-3)7-6-9-4-5-10-11(8-9)15-10;1-5-8-11(12-2)9-6-7-10-15(11,13-3)14-4/h9-11H,4-8H2,1-3H3;5-10H2,1-4H3. The molecule has 2 aliphatic heterocycles. The molecule has 0 aromatic rings. The fourth-order valence-electron chi connectivity index (χ4n) is 5.61. The highest BCUT2D eigenvalue weighted by Gasteiger charge is 2.58. The van der Waals surface area contributed by atoms with Gasteiger partial charge in [-0.15, -0.1) is 0 Å². The van der Waals surface area contributed by atoms with Crippen LogP contribution in [0.15, 0.2) is 0 Å². The first kappa shape index (κ1) is 27.4. The number of ether oxygens (including phenoxy) is 2. The zero-order valence-corrected chi connectivity index (χ0v) is 22.9. The maximum atomic E-state index is 5.83. The third-order valence-corrected chi connectivity index (χ3v) is 14.8. The van der Waals surface area contributed by atoms with Crippen molar-refractivity contribution in [3.05, 3.63) is 0 Å². The molecule has 0 aromatic heterocycles. The van der Waals surface area contributed by atoms with Crippen LogP contribution in [0.25, 0.3) is 0 Å². The Kier molecular flexibility index (Phi) is 11.1. The van der Waals surface area contributed by atoms with Gasteiger partial charge in [0.15, 0.2) is 0 Å². The lowest BCUT2D eigenvalue weighted by Crippen LogP contribution is -2.64. The zero-order chi connectivity index (χ0) is 23.0. The summed E-state index contributed by atoms with van der Waals surface area (Å²) in [4.78, 5) is 0. The van der Waals surface area contributed by atoms with Crippen LogP contribution in [0.1, 0.15) is 64.7 Å². The minimum Gasteiger partial charge on any atom is -0.396 e. The summed E-state index contributed by atoms with van der Waals surface area (Å²) < 4.78 is 39.2. The molecule has 2 heterocycles. The molecule has 31 heavy (non-hydrogen) atoms. The van der Waals surface area contributed by atoms with Crippen molar-refractivity contribution < 1.29 is 31.6 Å². The topological polar surface area (TPSA) is 67.9 Å². The molecule has 9 heteroatoms. The quantitative estimate of drug-likeness (QED) is 0.321. The van der Waals surface area contributed by atoms with Gasteiger partial charge in [-0.25, -0.2) is 0 Å². The van der Waals surface area contributed by atoms with Gasteiger partial charge in [-0.05, 0) is 50.5 Å². The lowest BCUT2D eigenvalue weighted by molar-refractivity contribution is -0.0149. The predicted molar refractivity (Wildman–Crippen MR) is 125 cm³/mol. The van der Waals surface area contributed by atoms with Crippen LogP contribution in [0.4, 0.5) is 0 Å². The highest BCUT2D eigenvalue weighted by atomic mass is 28.4. The Morgan fingerprint density at radius 1 is 0.935 bits per heavy atom. The van der Waals surface area contributed by atoms with Gasteiger partial charge in [-0.2, -0.15) is 0 Å². The molecule has 0 radical (unpaired) electrons. The van der Waals surface area contributed by atoms with Crippen LogP contribution < -0.4 is 0 Å². The molecule has 0 amide bonds. The summed E-state index contributed by atoms with van der Waals surface area (Å²) in [7, 11) is 5.91. The maximum absolute atomic E-state index is 5.83. The Bertz CT molecular complexity index is 504. The average Bonchev–Trinajstić information content (AvgIpc) is 3.60. The van der Waals surface area contributed by atoms with Crippen molar-refractivity contribution in [2.75, 3.05) is 42.7 Å². The van der Waals surface area contributed by atoms with E-state index >= 15 is 0 Å². The first-order valence-electron chi connectivity index (χ1n) is 11.9. The molecule has 2 saturated heterocycles. The van der Waals surface area contributed by atoms with Gasteiger partial charge >= 0.3 is 17.4 Å². The Labute approximate surface area is 192 Å². The van der Waals surface area contributed by atoms with E-state index in [-0.39, 0.29) is 5.22 Å². The minimum atomic E-state index is -2.35. The van der Waals surface area contributed by atoms with E-state index in [0.29, 0.717) is 12.2 Å². The lowest BCUT2D eigenvalue weighted by atomic mass is 9.88. The van der Waals surface area contributed by atoms with E-state index in [4.69, 9.17) is 31.6 Å². The van der Waals surface area contributed by atoms with Gasteiger partial charge in [0.2, 0.25) is 0 Å². The number of epoxide rings is 1. The van der Waals surface area contributed by atoms with Gasteiger partial charge in [0.05, 0.1) is 12.2 Å². The van der Waals surface area contributed by atoms with Crippen LogP contribution in [0.2, 0.25) is 12.1 Å². The first-order valence-corrected chi connectivity index (χ1v) is 15.8. The first-order chi connectivity index (χ1) is 14.9. The molecule has 0 N–H and O–H groups in total. The van der Waals surface area contributed by atoms with Gasteiger partial charge in [-0.1, -0.05) is 26.2 Å². The van der Waals surface area contributed by atoms with Crippen molar-refractivity contribution >= 4 is 17.4 Å². The van der Waals surface area contributed by atoms with Crippen LogP contribution in [0.5, 0.6) is 0 Å². The maximum Gasteiger partial charge on any atom is 0.500 e. The van der Waals surface area contributed by atoms with Crippen molar-refractivity contribution in [2.24, 2.45) is 5.92 Å². The van der Waals surface area contributed by atoms with Crippen LogP contribution in [-0.4, -0.2) is 77.5 Å². The second-order valence-corrected chi connectivity index (χ2v) is 15.9. The molecule has 3 fully saturated rings. The van der Waals surface area contributed by atoms with Gasteiger partial charge in [0, 0.05) is 48.7 Å². The smallest absolute Gasteiger partial charge is 0.396 e. The van der Waals surface area contributed by atoms with Crippen LogP contribution in [0.3, 0.4) is 0 Å². The summed E-state index contributed by atoms with van der Waals surface area (Å²) in [5.41, 5.74) is 0. The molecular weight excluding hydrogens is 432 g/mol. The minimum absolute atomic E-state index is 0.122. The summed E-state index contributed by atoms with van der Waals surface area (Å²) in [6.07, 6.45) is 11.7. The molecule has 0 bridgehead atoms. The monoisotopic (exact) mass is 478 g/mol. The van der Waals surface area contributed by atoms with Crippen molar-refractivity contribution in [3.8, 4) is 0 Å². The molecule has 1 aliphatic carbocycles. The third kappa shape index (κ3) is 6.39. The molecule has 1 saturated carbocycles. The Balaban J connectivity index is 0.000000221. The number of rotatable bonds is 11. The van der Waals surface area contributed by atoms with E-state index in [2.05, 4.69) is 6.92 Å². The van der Waals surface area contributed by atoms with Gasteiger partial charge in [0.1, 0.15) is 5.22 Å². The van der Waals surface area contributed by atoms with E-state index < -0.39 is 17.4 Å². The number of hydrogen-bond acceptors (Lipinski definition) is 7. The largest absolute Gasteiger partial charge is 0.500 e. The molecule has 4 unspecified atom stereocenters. The lowest BCUT2D eigenvalue weighted by Gasteiger charge is -2.47. The Morgan fingerprint density at radius 2 is 1.61 bits per heavy atom. The van der Waals surface area contributed by atoms with Crippen molar-refractivity contribution in [3.63, 3.8) is 0 Å². The fraction of sp³-hybridized carbons (Fsp3) is 1.00. The van der Waals surface area contributed by atoms with E-state index in [1.54, 1.807) is 42.7 Å². The van der Waals surface area contributed by atoms with Crippen LogP contribution in [-0.2, 0) is 31.6 Å². The summed E-state index contributed by atoms with van der Waals surface area (Å²) >= 11 is 0. The molecule has 3 aliphatic rings. The number of methoxy groups -OCH3 is 1. The third-order valence-electron chi connectivity index (χ3n) is 7.64. The number of fused-ring (bicyclic) bond motifs is 1. The Morgan fingerprint density at radius 3 is 2.13 bits per heavy atom. The van der Waals surface area contributed by atoms with Crippen molar-refractivity contribution in [1.29, 1.82) is 0 Å². The summed E-state index contributed by atoms with van der Waals surface area (Å²) in [5, 5.41) is -0.122.